The van der Waals surface area contributed by atoms with Crippen LogP contribution in [0.2, 0.25) is 5.02 Å². The van der Waals surface area contributed by atoms with E-state index >= 15 is 0 Å². The molecule has 0 aliphatic heterocycles. The molecule has 0 fully saturated rings. The molecule has 0 saturated heterocycles. The van der Waals surface area contributed by atoms with Crippen LogP contribution in [-0.2, 0) is 6.54 Å². The maximum atomic E-state index is 11.6. The highest BCUT2D eigenvalue weighted by atomic mass is 35.5. The summed E-state index contributed by atoms with van der Waals surface area (Å²) in [5.74, 6) is 0. The van der Waals surface area contributed by atoms with E-state index in [2.05, 4.69) is 5.10 Å². The van der Waals surface area contributed by atoms with Gasteiger partial charge >= 0.3 is 0 Å². The van der Waals surface area contributed by atoms with Gasteiger partial charge in [-0.15, -0.1) is 0 Å². The quantitative estimate of drug-likeness (QED) is 0.826. The van der Waals surface area contributed by atoms with Crippen LogP contribution in [0.5, 0.6) is 0 Å². The number of nitrogen functional groups attached to an aromatic ring is 1. The number of rotatable bonds is 2. The zero-order valence-electron chi connectivity index (χ0n) is 9.35. The molecular weight excluding hydrogens is 238 g/mol. The Morgan fingerprint density at radius 1 is 1.35 bits per heavy atom. The third-order valence-electron chi connectivity index (χ3n) is 2.39. The van der Waals surface area contributed by atoms with E-state index in [-0.39, 0.29) is 5.56 Å². The van der Waals surface area contributed by atoms with Gasteiger partial charge in [-0.3, -0.25) is 4.79 Å². The minimum absolute atomic E-state index is 0.135. The molecule has 0 bridgehead atoms. The molecule has 88 valence electrons. The van der Waals surface area contributed by atoms with Gasteiger partial charge in [0.25, 0.3) is 5.56 Å². The molecule has 0 unspecified atom stereocenters. The van der Waals surface area contributed by atoms with Gasteiger partial charge < -0.3 is 5.73 Å². The van der Waals surface area contributed by atoms with Crippen molar-refractivity contribution in [3.63, 3.8) is 0 Å². The number of hydrogen-bond acceptors (Lipinski definition) is 3. The Balaban J connectivity index is 2.34. The monoisotopic (exact) mass is 249 g/mol. The van der Waals surface area contributed by atoms with E-state index in [1.165, 1.54) is 10.7 Å². The lowest BCUT2D eigenvalue weighted by Gasteiger charge is -2.06. The van der Waals surface area contributed by atoms with Gasteiger partial charge in [0.15, 0.2) is 0 Å². The molecule has 1 aromatic heterocycles. The van der Waals surface area contributed by atoms with Crippen LogP contribution in [0.3, 0.4) is 0 Å². The van der Waals surface area contributed by atoms with Crippen LogP contribution in [-0.4, -0.2) is 9.78 Å². The van der Waals surface area contributed by atoms with E-state index in [1.807, 2.05) is 13.0 Å². The SMILES string of the molecule is Cc1ccc(=O)n(Cc2ccc(Cl)c(N)c2)n1. The van der Waals surface area contributed by atoms with Crippen molar-refractivity contribution in [3.05, 3.63) is 57.0 Å². The van der Waals surface area contributed by atoms with Gasteiger partial charge in [0.1, 0.15) is 0 Å². The highest BCUT2D eigenvalue weighted by molar-refractivity contribution is 6.33. The summed E-state index contributed by atoms with van der Waals surface area (Å²) in [5, 5.41) is 4.66. The Labute approximate surface area is 104 Å². The van der Waals surface area contributed by atoms with E-state index in [0.29, 0.717) is 17.3 Å². The molecule has 0 radical (unpaired) electrons. The predicted octanol–water partition coefficient (Wildman–Crippen LogP) is 1.84. The molecular formula is C12H12ClN3O. The van der Waals surface area contributed by atoms with Crippen LogP contribution in [0.1, 0.15) is 11.3 Å². The molecule has 2 N–H and O–H groups in total. The van der Waals surface area contributed by atoms with Crippen LogP contribution >= 0.6 is 11.6 Å². The fourth-order valence-electron chi connectivity index (χ4n) is 1.53. The van der Waals surface area contributed by atoms with Crippen molar-refractivity contribution in [3.8, 4) is 0 Å². The molecule has 0 amide bonds. The average molecular weight is 250 g/mol. The van der Waals surface area contributed by atoms with Crippen molar-refractivity contribution in [2.45, 2.75) is 13.5 Å². The van der Waals surface area contributed by atoms with Gasteiger partial charge in [-0.1, -0.05) is 17.7 Å². The van der Waals surface area contributed by atoms with Crippen molar-refractivity contribution < 1.29 is 0 Å². The van der Waals surface area contributed by atoms with E-state index < -0.39 is 0 Å². The van der Waals surface area contributed by atoms with Crippen molar-refractivity contribution in [2.75, 3.05) is 5.73 Å². The number of anilines is 1. The minimum Gasteiger partial charge on any atom is -0.398 e. The van der Waals surface area contributed by atoms with Gasteiger partial charge in [0.05, 0.1) is 22.9 Å². The molecule has 0 aliphatic rings. The van der Waals surface area contributed by atoms with Crippen molar-refractivity contribution in [2.24, 2.45) is 0 Å². The highest BCUT2D eigenvalue weighted by Crippen LogP contribution is 2.19. The van der Waals surface area contributed by atoms with Gasteiger partial charge in [-0.05, 0) is 30.7 Å². The molecule has 2 rings (SSSR count). The summed E-state index contributed by atoms with van der Waals surface area (Å²) in [4.78, 5) is 11.6. The van der Waals surface area contributed by atoms with E-state index in [4.69, 9.17) is 17.3 Å². The molecule has 0 spiro atoms. The predicted molar refractivity (Wildman–Crippen MR) is 68.2 cm³/mol. The Hall–Kier alpha value is -1.81. The summed E-state index contributed by atoms with van der Waals surface area (Å²) < 4.78 is 1.40. The maximum absolute atomic E-state index is 11.6. The molecule has 4 nitrogen and oxygen atoms in total. The summed E-state index contributed by atoms with van der Waals surface area (Å²) in [7, 11) is 0. The van der Waals surface area contributed by atoms with Gasteiger partial charge in [0, 0.05) is 6.07 Å². The van der Waals surface area contributed by atoms with Crippen molar-refractivity contribution in [1.29, 1.82) is 0 Å². The largest absolute Gasteiger partial charge is 0.398 e. The first-order valence-electron chi connectivity index (χ1n) is 5.15. The number of nitrogens with two attached hydrogens (primary N) is 1. The van der Waals surface area contributed by atoms with E-state index in [0.717, 1.165) is 11.3 Å². The summed E-state index contributed by atoms with van der Waals surface area (Å²) in [6, 6.07) is 8.48. The fourth-order valence-corrected chi connectivity index (χ4v) is 1.65. The number of nitrogens with zero attached hydrogens (tertiary/aromatic N) is 2. The van der Waals surface area contributed by atoms with Crippen LogP contribution in [0.15, 0.2) is 35.1 Å². The van der Waals surface area contributed by atoms with Crippen LogP contribution in [0, 0.1) is 6.92 Å². The molecule has 1 aromatic carbocycles. The summed E-state index contributed by atoms with van der Waals surface area (Å²) in [6.45, 7) is 2.23. The normalized spacial score (nSPS) is 10.5. The first-order valence-corrected chi connectivity index (χ1v) is 5.53. The van der Waals surface area contributed by atoms with Crippen LogP contribution < -0.4 is 11.3 Å². The second-order valence-electron chi connectivity index (χ2n) is 3.83. The summed E-state index contributed by atoms with van der Waals surface area (Å²) in [5.41, 5.74) is 7.77. The zero-order valence-corrected chi connectivity index (χ0v) is 10.1. The zero-order chi connectivity index (χ0) is 12.4. The lowest BCUT2D eigenvalue weighted by atomic mass is 10.2. The smallest absolute Gasteiger partial charge is 0.267 e. The second-order valence-corrected chi connectivity index (χ2v) is 4.23. The Kier molecular flexibility index (Phi) is 3.15. The van der Waals surface area contributed by atoms with Crippen LogP contribution in [0.25, 0.3) is 0 Å². The Morgan fingerprint density at radius 3 is 2.82 bits per heavy atom. The number of hydrogen-bond donors (Lipinski definition) is 1. The van der Waals surface area contributed by atoms with Gasteiger partial charge in [0.2, 0.25) is 0 Å². The lowest BCUT2D eigenvalue weighted by Crippen LogP contribution is -2.23. The molecule has 1 heterocycles. The van der Waals surface area contributed by atoms with E-state index in [1.54, 1.807) is 18.2 Å². The third-order valence-corrected chi connectivity index (χ3v) is 2.74. The minimum atomic E-state index is -0.135. The van der Waals surface area contributed by atoms with Crippen molar-refractivity contribution >= 4 is 17.3 Å². The topological polar surface area (TPSA) is 60.9 Å². The Morgan fingerprint density at radius 2 is 2.12 bits per heavy atom. The number of halogens is 1. The number of benzene rings is 1. The second kappa shape index (κ2) is 4.59. The highest BCUT2D eigenvalue weighted by Gasteiger charge is 2.02. The molecule has 0 saturated carbocycles. The lowest BCUT2D eigenvalue weighted by molar-refractivity contribution is 0.628. The fraction of sp³-hybridized carbons (Fsp3) is 0.167. The molecule has 17 heavy (non-hydrogen) atoms. The van der Waals surface area contributed by atoms with Gasteiger partial charge in [-0.25, -0.2) is 4.68 Å². The van der Waals surface area contributed by atoms with Crippen molar-refractivity contribution in [1.82, 2.24) is 9.78 Å². The maximum Gasteiger partial charge on any atom is 0.267 e. The third kappa shape index (κ3) is 2.65. The summed E-state index contributed by atoms with van der Waals surface area (Å²) >= 11 is 5.83. The first kappa shape index (κ1) is 11.7. The standard InChI is InChI=1S/C12H12ClN3O/c1-8-2-5-12(17)16(15-8)7-9-3-4-10(13)11(14)6-9/h2-6H,7,14H2,1H3. The molecule has 0 atom stereocenters. The first-order chi connectivity index (χ1) is 8.06. The Bertz CT molecular complexity index is 607. The molecule has 5 heteroatoms. The summed E-state index contributed by atoms with van der Waals surface area (Å²) in [6.07, 6.45) is 0. The molecule has 0 aliphatic carbocycles. The average Bonchev–Trinajstić information content (AvgIpc) is 2.29. The van der Waals surface area contributed by atoms with E-state index in [9.17, 15) is 4.79 Å². The number of aromatic nitrogens is 2. The molecule has 2 aromatic rings. The van der Waals surface area contributed by atoms with Gasteiger partial charge in [-0.2, -0.15) is 5.10 Å². The number of aryl methyl sites for hydroxylation is 1. The van der Waals surface area contributed by atoms with Crippen LogP contribution in [0.4, 0.5) is 5.69 Å².